The zero-order valence-electron chi connectivity index (χ0n) is 11.5. The molecular formula is C14H21FN2O. The first-order valence-electron chi connectivity index (χ1n) is 6.44. The van der Waals surface area contributed by atoms with E-state index in [0.29, 0.717) is 5.56 Å². The molecule has 1 aromatic heterocycles. The fourth-order valence-electron chi connectivity index (χ4n) is 1.91. The van der Waals surface area contributed by atoms with Crippen LogP contribution in [0, 0.1) is 5.82 Å². The molecule has 0 spiro atoms. The van der Waals surface area contributed by atoms with Gasteiger partial charge in [-0.05, 0) is 32.8 Å². The third kappa shape index (κ3) is 3.28. The van der Waals surface area contributed by atoms with Crippen molar-refractivity contribution in [1.82, 2.24) is 9.88 Å². The molecule has 0 aliphatic heterocycles. The average molecular weight is 252 g/mol. The first-order chi connectivity index (χ1) is 8.51. The number of hydrogen-bond acceptors (Lipinski definition) is 2. The lowest BCUT2D eigenvalue weighted by Gasteiger charge is -2.34. The predicted octanol–water partition coefficient (Wildman–Crippen LogP) is 3.26. The Morgan fingerprint density at radius 3 is 2.28 bits per heavy atom. The molecule has 0 aromatic carbocycles. The van der Waals surface area contributed by atoms with Crippen LogP contribution in [0.15, 0.2) is 18.5 Å². The highest BCUT2D eigenvalue weighted by Crippen LogP contribution is 2.16. The molecule has 4 heteroatoms. The van der Waals surface area contributed by atoms with Crippen LogP contribution in [0.2, 0.25) is 0 Å². The molecule has 1 heterocycles. The molecule has 0 aliphatic rings. The van der Waals surface area contributed by atoms with Crippen LogP contribution in [0.1, 0.15) is 50.9 Å². The maximum atomic E-state index is 13.1. The highest BCUT2D eigenvalue weighted by molar-refractivity contribution is 5.94. The summed E-state index contributed by atoms with van der Waals surface area (Å²) < 4.78 is 13.1. The van der Waals surface area contributed by atoms with Gasteiger partial charge in [0.2, 0.25) is 0 Å². The van der Waals surface area contributed by atoms with Gasteiger partial charge in [-0.3, -0.25) is 9.78 Å². The number of pyridine rings is 1. The second kappa shape index (κ2) is 6.47. The maximum Gasteiger partial charge on any atom is 0.256 e. The fraction of sp³-hybridized carbons (Fsp3) is 0.571. The monoisotopic (exact) mass is 252 g/mol. The molecule has 0 N–H and O–H groups in total. The molecule has 18 heavy (non-hydrogen) atoms. The van der Waals surface area contributed by atoms with Gasteiger partial charge >= 0.3 is 0 Å². The lowest BCUT2D eigenvalue weighted by atomic mass is 10.1. The molecule has 0 saturated heterocycles. The lowest BCUT2D eigenvalue weighted by molar-refractivity contribution is 0.0597. The Balaban J connectivity index is 3.02. The topological polar surface area (TPSA) is 33.2 Å². The Hall–Kier alpha value is -1.45. The van der Waals surface area contributed by atoms with Gasteiger partial charge in [-0.25, -0.2) is 4.39 Å². The number of hydrogen-bond donors (Lipinski definition) is 0. The number of rotatable bonds is 5. The van der Waals surface area contributed by atoms with Crippen LogP contribution in [0.4, 0.5) is 4.39 Å². The van der Waals surface area contributed by atoms with Crippen molar-refractivity contribution in [3.05, 3.63) is 29.8 Å². The van der Waals surface area contributed by atoms with Crippen LogP contribution in [0.3, 0.4) is 0 Å². The summed E-state index contributed by atoms with van der Waals surface area (Å²) in [6.07, 6.45) is 4.27. The zero-order valence-corrected chi connectivity index (χ0v) is 11.5. The van der Waals surface area contributed by atoms with E-state index >= 15 is 0 Å². The smallest absolute Gasteiger partial charge is 0.256 e. The van der Waals surface area contributed by atoms with Crippen LogP contribution >= 0.6 is 0 Å². The summed E-state index contributed by atoms with van der Waals surface area (Å²) in [5.74, 6) is -0.625. The van der Waals surface area contributed by atoms with Crippen LogP contribution in [0.5, 0.6) is 0 Å². The van der Waals surface area contributed by atoms with E-state index in [1.54, 1.807) is 0 Å². The van der Waals surface area contributed by atoms with Crippen molar-refractivity contribution in [1.29, 1.82) is 0 Å². The van der Waals surface area contributed by atoms with Gasteiger partial charge in [-0.2, -0.15) is 0 Å². The first kappa shape index (κ1) is 14.6. The molecule has 1 aromatic rings. The Morgan fingerprint density at radius 1 is 1.28 bits per heavy atom. The summed E-state index contributed by atoms with van der Waals surface area (Å²) >= 11 is 0. The first-order valence-corrected chi connectivity index (χ1v) is 6.44. The van der Waals surface area contributed by atoms with Gasteiger partial charge in [0.05, 0.1) is 11.8 Å². The van der Waals surface area contributed by atoms with E-state index in [9.17, 15) is 9.18 Å². The second-order valence-corrected chi connectivity index (χ2v) is 4.62. The van der Waals surface area contributed by atoms with Gasteiger partial charge in [0.15, 0.2) is 0 Å². The Labute approximate surface area is 108 Å². The molecular weight excluding hydrogens is 231 g/mol. The molecule has 2 unspecified atom stereocenters. The number of aromatic nitrogens is 1. The summed E-state index contributed by atoms with van der Waals surface area (Å²) in [6.45, 7) is 8.10. The van der Waals surface area contributed by atoms with Gasteiger partial charge in [0.1, 0.15) is 5.82 Å². The van der Waals surface area contributed by atoms with Gasteiger partial charge in [0, 0.05) is 18.3 Å². The SMILES string of the molecule is CCC(C)N(C(=O)c1cncc(F)c1)C(C)CC. The van der Waals surface area contributed by atoms with E-state index in [2.05, 4.69) is 4.98 Å². The fourth-order valence-corrected chi connectivity index (χ4v) is 1.91. The third-order valence-electron chi connectivity index (χ3n) is 3.32. The Morgan fingerprint density at radius 2 is 1.83 bits per heavy atom. The molecule has 0 radical (unpaired) electrons. The Kier molecular flexibility index (Phi) is 5.25. The molecule has 1 amide bonds. The maximum absolute atomic E-state index is 13.1. The molecule has 3 nitrogen and oxygen atoms in total. The zero-order chi connectivity index (χ0) is 13.7. The van der Waals surface area contributed by atoms with E-state index in [1.165, 1.54) is 12.3 Å². The predicted molar refractivity (Wildman–Crippen MR) is 69.9 cm³/mol. The lowest BCUT2D eigenvalue weighted by Crippen LogP contribution is -2.44. The largest absolute Gasteiger partial charge is 0.333 e. The Bertz CT molecular complexity index is 399. The van der Waals surface area contributed by atoms with Crippen molar-refractivity contribution < 1.29 is 9.18 Å². The molecule has 0 fully saturated rings. The number of amides is 1. The van der Waals surface area contributed by atoms with Crippen LogP contribution in [0.25, 0.3) is 0 Å². The van der Waals surface area contributed by atoms with Crippen molar-refractivity contribution in [3.63, 3.8) is 0 Å². The highest BCUT2D eigenvalue weighted by Gasteiger charge is 2.24. The van der Waals surface area contributed by atoms with Gasteiger partial charge in [0.25, 0.3) is 5.91 Å². The number of carbonyl (C=O) groups excluding carboxylic acids is 1. The van der Waals surface area contributed by atoms with Gasteiger partial charge < -0.3 is 4.90 Å². The normalized spacial score (nSPS) is 14.1. The van der Waals surface area contributed by atoms with Crippen LogP contribution in [-0.4, -0.2) is 27.9 Å². The summed E-state index contributed by atoms with van der Waals surface area (Å²) in [7, 11) is 0. The van der Waals surface area contributed by atoms with Crippen molar-refractivity contribution in [2.24, 2.45) is 0 Å². The minimum atomic E-state index is -0.478. The van der Waals surface area contributed by atoms with Crippen molar-refractivity contribution >= 4 is 5.91 Å². The number of halogens is 1. The van der Waals surface area contributed by atoms with Crippen molar-refractivity contribution in [2.75, 3.05) is 0 Å². The summed E-state index contributed by atoms with van der Waals surface area (Å²) in [6, 6.07) is 1.51. The van der Waals surface area contributed by atoms with Crippen LogP contribution in [-0.2, 0) is 0 Å². The highest BCUT2D eigenvalue weighted by atomic mass is 19.1. The standard InChI is InChI=1S/C14H21FN2O/c1-5-10(3)17(11(4)6-2)14(18)12-7-13(15)9-16-8-12/h7-11H,5-6H2,1-4H3. The second-order valence-electron chi connectivity index (χ2n) is 4.62. The number of carbonyl (C=O) groups is 1. The molecule has 0 aliphatic carbocycles. The van der Waals surface area contributed by atoms with E-state index in [0.717, 1.165) is 19.0 Å². The van der Waals surface area contributed by atoms with Gasteiger partial charge in [-0.1, -0.05) is 13.8 Å². The van der Waals surface area contributed by atoms with Crippen molar-refractivity contribution in [3.8, 4) is 0 Å². The minimum absolute atomic E-state index is 0.135. The quantitative estimate of drug-likeness (QED) is 0.806. The summed E-state index contributed by atoms with van der Waals surface area (Å²) in [5, 5.41) is 0. The van der Waals surface area contributed by atoms with E-state index in [1.807, 2.05) is 32.6 Å². The average Bonchev–Trinajstić information content (AvgIpc) is 2.38. The molecule has 0 saturated carbocycles. The van der Waals surface area contributed by atoms with Crippen molar-refractivity contribution in [2.45, 2.75) is 52.6 Å². The van der Waals surface area contributed by atoms with E-state index in [4.69, 9.17) is 0 Å². The molecule has 1 rings (SSSR count). The van der Waals surface area contributed by atoms with E-state index in [-0.39, 0.29) is 18.0 Å². The molecule has 2 atom stereocenters. The van der Waals surface area contributed by atoms with Crippen LogP contribution < -0.4 is 0 Å². The minimum Gasteiger partial charge on any atom is -0.333 e. The third-order valence-corrected chi connectivity index (χ3v) is 3.32. The summed E-state index contributed by atoms with van der Waals surface area (Å²) in [4.78, 5) is 18.0. The molecule has 100 valence electrons. The summed E-state index contributed by atoms with van der Waals surface area (Å²) in [5.41, 5.74) is 0.315. The van der Waals surface area contributed by atoms with Gasteiger partial charge in [-0.15, -0.1) is 0 Å². The molecule has 0 bridgehead atoms. The van der Waals surface area contributed by atoms with E-state index < -0.39 is 5.82 Å². The number of nitrogens with zero attached hydrogens (tertiary/aromatic N) is 2.